The molecule has 1 aromatic carbocycles. The SMILES string of the molecule is O=c1[nH]c(Cc2ccc(Cl)cc2)nc2c1CCCN2. The van der Waals surface area contributed by atoms with E-state index in [1.807, 2.05) is 24.3 Å². The molecular weight excluding hydrogens is 262 g/mol. The van der Waals surface area contributed by atoms with Gasteiger partial charge < -0.3 is 10.3 Å². The highest BCUT2D eigenvalue weighted by Crippen LogP contribution is 2.17. The number of H-pyrrole nitrogens is 1. The maximum Gasteiger partial charge on any atom is 0.256 e. The van der Waals surface area contributed by atoms with E-state index < -0.39 is 0 Å². The molecule has 1 aliphatic rings. The molecule has 4 nitrogen and oxygen atoms in total. The Balaban J connectivity index is 1.91. The Morgan fingerprint density at radius 1 is 1.26 bits per heavy atom. The van der Waals surface area contributed by atoms with Crippen LogP contribution in [0.4, 0.5) is 5.82 Å². The number of hydrogen-bond donors (Lipinski definition) is 2. The van der Waals surface area contributed by atoms with E-state index in [-0.39, 0.29) is 5.56 Å². The number of nitrogens with one attached hydrogen (secondary N) is 2. The van der Waals surface area contributed by atoms with Gasteiger partial charge in [-0.2, -0.15) is 0 Å². The summed E-state index contributed by atoms with van der Waals surface area (Å²) in [7, 11) is 0. The first-order valence-electron chi connectivity index (χ1n) is 6.33. The summed E-state index contributed by atoms with van der Waals surface area (Å²) in [5, 5.41) is 3.89. The summed E-state index contributed by atoms with van der Waals surface area (Å²) in [6.07, 6.45) is 2.38. The van der Waals surface area contributed by atoms with Gasteiger partial charge >= 0.3 is 0 Å². The minimum Gasteiger partial charge on any atom is -0.370 e. The summed E-state index contributed by atoms with van der Waals surface area (Å²) in [5.41, 5.74) is 1.82. The Hall–Kier alpha value is -1.81. The van der Waals surface area contributed by atoms with Crippen molar-refractivity contribution in [3.05, 3.63) is 56.6 Å². The highest BCUT2D eigenvalue weighted by molar-refractivity contribution is 6.30. The number of fused-ring (bicyclic) bond motifs is 1. The normalized spacial score (nSPS) is 13.7. The summed E-state index contributed by atoms with van der Waals surface area (Å²) in [4.78, 5) is 19.3. The molecule has 2 heterocycles. The van der Waals surface area contributed by atoms with Crippen LogP contribution in [0.2, 0.25) is 5.02 Å². The fraction of sp³-hybridized carbons (Fsp3) is 0.286. The predicted molar refractivity (Wildman–Crippen MR) is 75.9 cm³/mol. The highest BCUT2D eigenvalue weighted by Gasteiger charge is 2.15. The summed E-state index contributed by atoms with van der Waals surface area (Å²) >= 11 is 5.85. The summed E-state index contributed by atoms with van der Waals surface area (Å²) in [6.45, 7) is 0.879. The monoisotopic (exact) mass is 275 g/mol. The molecule has 98 valence electrons. The third-order valence-electron chi connectivity index (χ3n) is 3.25. The lowest BCUT2D eigenvalue weighted by molar-refractivity contribution is 0.783. The van der Waals surface area contributed by atoms with Crippen LogP contribution in [-0.2, 0) is 12.8 Å². The fourth-order valence-corrected chi connectivity index (χ4v) is 2.40. The van der Waals surface area contributed by atoms with Gasteiger partial charge in [0, 0.05) is 18.0 Å². The molecule has 0 fully saturated rings. The number of aromatic nitrogens is 2. The van der Waals surface area contributed by atoms with Gasteiger partial charge in [-0.15, -0.1) is 0 Å². The van der Waals surface area contributed by atoms with Crippen molar-refractivity contribution in [2.24, 2.45) is 0 Å². The van der Waals surface area contributed by atoms with Crippen molar-refractivity contribution in [1.82, 2.24) is 9.97 Å². The van der Waals surface area contributed by atoms with E-state index in [1.165, 1.54) is 0 Å². The molecule has 0 radical (unpaired) electrons. The van der Waals surface area contributed by atoms with Crippen LogP contribution in [0.1, 0.15) is 23.4 Å². The first-order valence-corrected chi connectivity index (χ1v) is 6.70. The third-order valence-corrected chi connectivity index (χ3v) is 3.50. The number of benzene rings is 1. The van der Waals surface area contributed by atoms with Crippen molar-refractivity contribution >= 4 is 17.4 Å². The van der Waals surface area contributed by atoms with Crippen LogP contribution < -0.4 is 10.9 Å². The summed E-state index contributed by atoms with van der Waals surface area (Å²) in [6, 6.07) is 7.56. The molecule has 0 aliphatic carbocycles. The third kappa shape index (κ3) is 2.63. The van der Waals surface area contributed by atoms with Crippen molar-refractivity contribution in [3.63, 3.8) is 0 Å². The molecule has 0 amide bonds. The molecule has 2 N–H and O–H groups in total. The molecule has 0 saturated carbocycles. The number of aromatic amines is 1. The number of rotatable bonds is 2. The topological polar surface area (TPSA) is 57.8 Å². The molecule has 5 heteroatoms. The Morgan fingerprint density at radius 3 is 2.84 bits per heavy atom. The molecule has 3 rings (SSSR count). The van der Waals surface area contributed by atoms with Crippen LogP contribution in [0.25, 0.3) is 0 Å². The second-order valence-electron chi connectivity index (χ2n) is 4.67. The second-order valence-corrected chi connectivity index (χ2v) is 5.11. The van der Waals surface area contributed by atoms with Gasteiger partial charge in [-0.1, -0.05) is 23.7 Å². The number of anilines is 1. The van der Waals surface area contributed by atoms with Gasteiger partial charge in [0.05, 0.1) is 5.56 Å². The van der Waals surface area contributed by atoms with E-state index in [0.29, 0.717) is 17.3 Å². The molecule has 0 saturated heterocycles. The Labute approximate surface area is 115 Å². The van der Waals surface area contributed by atoms with Crippen LogP contribution in [-0.4, -0.2) is 16.5 Å². The van der Waals surface area contributed by atoms with Crippen molar-refractivity contribution < 1.29 is 0 Å². The van der Waals surface area contributed by atoms with Gasteiger partial charge in [-0.05, 0) is 30.5 Å². The fourth-order valence-electron chi connectivity index (χ4n) is 2.27. The van der Waals surface area contributed by atoms with Gasteiger partial charge in [-0.25, -0.2) is 4.98 Å². The minimum atomic E-state index is -0.0267. The van der Waals surface area contributed by atoms with Gasteiger partial charge in [-0.3, -0.25) is 4.79 Å². The zero-order chi connectivity index (χ0) is 13.2. The zero-order valence-electron chi connectivity index (χ0n) is 10.4. The van der Waals surface area contributed by atoms with Crippen LogP contribution in [0.5, 0.6) is 0 Å². The van der Waals surface area contributed by atoms with E-state index in [1.54, 1.807) is 0 Å². The number of nitrogens with zero attached hydrogens (tertiary/aromatic N) is 1. The first kappa shape index (κ1) is 12.2. The number of halogens is 1. The molecular formula is C14H14ClN3O. The van der Waals surface area contributed by atoms with Crippen LogP contribution in [0.3, 0.4) is 0 Å². The lowest BCUT2D eigenvalue weighted by Gasteiger charge is -2.16. The Bertz CT molecular complexity index is 649. The van der Waals surface area contributed by atoms with E-state index in [9.17, 15) is 4.79 Å². The minimum absolute atomic E-state index is 0.0267. The molecule has 1 aliphatic heterocycles. The molecule has 0 unspecified atom stereocenters. The molecule has 0 atom stereocenters. The second kappa shape index (κ2) is 5.05. The van der Waals surface area contributed by atoms with E-state index in [2.05, 4.69) is 15.3 Å². The number of hydrogen-bond acceptors (Lipinski definition) is 3. The van der Waals surface area contributed by atoms with Gasteiger partial charge in [0.25, 0.3) is 5.56 Å². The van der Waals surface area contributed by atoms with E-state index >= 15 is 0 Å². The standard InChI is InChI=1S/C14H14ClN3O/c15-10-5-3-9(4-6-10)8-12-17-13-11(14(19)18-12)2-1-7-16-13/h3-6H,1-2,7-8H2,(H2,16,17,18,19). The summed E-state index contributed by atoms with van der Waals surface area (Å²) in [5.74, 6) is 1.42. The highest BCUT2D eigenvalue weighted by atomic mass is 35.5. The molecule has 0 spiro atoms. The molecule has 0 bridgehead atoms. The average Bonchev–Trinajstić information content (AvgIpc) is 2.42. The van der Waals surface area contributed by atoms with Gasteiger partial charge in [0.15, 0.2) is 0 Å². The van der Waals surface area contributed by atoms with Crippen molar-refractivity contribution in [2.75, 3.05) is 11.9 Å². The quantitative estimate of drug-likeness (QED) is 0.885. The maximum atomic E-state index is 12.0. The Morgan fingerprint density at radius 2 is 2.05 bits per heavy atom. The summed E-state index contributed by atoms with van der Waals surface area (Å²) < 4.78 is 0. The first-order chi connectivity index (χ1) is 9.22. The average molecular weight is 276 g/mol. The van der Waals surface area contributed by atoms with Crippen molar-refractivity contribution in [3.8, 4) is 0 Å². The molecule has 2 aromatic rings. The van der Waals surface area contributed by atoms with E-state index in [4.69, 9.17) is 11.6 Å². The predicted octanol–water partition coefficient (Wildman–Crippen LogP) is 2.37. The van der Waals surface area contributed by atoms with Crippen molar-refractivity contribution in [1.29, 1.82) is 0 Å². The van der Waals surface area contributed by atoms with Crippen LogP contribution in [0.15, 0.2) is 29.1 Å². The lowest BCUT2D eigenvalue weighted by atomic mass is 10.1. The van der Waals surface area contributed by atoms with Gasteiger partial charge in [0.2, 0.25) is 0 Å². The zero-order valence-corrected chi connectivity index (χ0v) is 11.1. The van der Waals surface area contributed by atoms with Crippen LogP contribution in [0, 0.1) is 0 Å². The van der Waals surface area contributed by atoms with E-state index in [0.717, 1.165) is 36.3 Å². The van der Waals surface area contributed by atoms with Crippen LogP contribution >= 0.6 is 11.6 Å². The Kier molecular flexibility index (Phi) is 3.25. The maximum absolute atomic E-state index is 12.0. The van der Waals surface area contributed by atoms with Gasteiger partial charge in [0.1, 0.15) is 11.6 Å². The van der Waals surface area contributed by atoms with Crippen molar-refractivity contribution in [2.45, 2.75) is 19.3 Å². The molecule has 1 aromatic heterocycles. The smallest absolute Gasteiger partial charge is 0.256 e. The lowest BCUT2D eigenvalue weighted by Crippen LogP contribution is -2.25. The largest absolute Gasteiger partial charge is 0.370 e. The molecule has 19 heavy (non-hydrogen) atoms.